The van der Waals surface area contributed by atoms with Crippen molar-refractivity contribution in [1.29, 1.82) is 5.41 Å². The number of nitrogens with zero attached hydrogens (tertiary/aromatic N) is 2. The zero-order valence-corrected chi connectivity index (χ0v) is 19.9. The number of thioether (sulfide) groups is 1. The SMILES string of the molecule is N=C(N)SCC[C@@H]1CCC[C@@H](c2ccc(-n3cc4cc(C5C[C@@H](N)CN5)[nH]c4nc3=O)cc2)N1. The topological polar surface area (TPSA) is 151 Å². The summed E-state index contributed by atoms with van der Waals surface area (Å²) in [6.07, 6.45) is 7.13. The smallest absolute Gasteiger partial charge is 0.354 e. The standard InChI is InChI=1S/C24H32N8OS/c25-16-11-20(28-12-16)21-10-15-13-32(24(33)31-22(15)30-21)18-6-4-14(5-7-18)19-3-1-2-17(29-19)8-9-34-23(26)27/h4-7,10,13,16-17,19-20,28-29H,1-3,8-9,11-12,25H2,(H3,26,27)(H,30,31,33)/t16-,17+,19+,20?/m1/s1. The molecule has 2 aliphatic rings. The van der Waals surface area contributed by atoms with Gasteiger partial charge in [0.05, 0.1) is 5.69 Å². The highest BCUT2D eigenvalue weighted by Crippen LogP contribution is 2.28. The van der Waals surface area contributed by atoms with Gasteiger partial charge in [0.2, 0.25) is 0 Å². The van der Waals surface area contributed by atoms with Crippen molar-refractivity contribution in [2.45, 2.75) is 56.3 Å². The fourth-order valence-corrected chi connectivity index (χ4v) is 5.70. The number of benzene rings is 1. The van der Waals surface area contributed by atoms with E-state index in [0.717, 1.165) is 54.7 Å². The first-order chi connectivity index (χ1) is 16.5. The van der Waals surface area contributed by atoms with Crippen LogP contribution in [-0.4, -0.2) is 44.1 Å². The number of aromatic amines is 1. The van der Waals surface area contributed by atoms with Crippen molar-refractivity contribution < 1.29 is 0 Å². The molecule has 8 N–H and O–H groups in total. The molecule has 4 heterocycles. The minimum Gasteiger partial charge on any atom is -0.379 e. The van der Waals surface area contributed by atoms with Gasteiger partial charge in [0.1, 0.15) is 5.65 Å². The molecule has 9 nitrogen and oxygen atoms in total. The number of nitrogens with one attached hydrogen (secondary N) is 4. The second kappa shape index (κ2) is 9.91. The molecule has 2 aliphatic heterocycles. The van der Waals surface area contributed by atoms with Gasteiger partial charge < -0.3 is 27.1 Å². The molecule has 0 amide bonds. The Morgan fingerprint density at radius 1 is 1.24 bits per heavy atom. The third kappa shape index (κ3) is 5.05. The van der Waals surface area contributed by atoms with Crippen LogP contribution >= 0.6 is 11.8 Å². The molecule has 180 valence electrons. The van der Waals surface area contributed by atoms with E-state index in [9.17, 15) is 4.79 Å². The number of hydrogen-bond acceptors (Lipinski definition) is 7. The van der Waals surface area contributed by atoms with Crippen LogP contribution in [0.15, 0.2) is 41.3 Å². The molecule has 1 aromatic carbocycles. The number of aromatic nitrogens is 3. The van der Waals surface area contributed by atoms with E-state index in [0.29, 0.717) is 17.7 Å². The lowest BCUT2D eigenvalue weighted by molar-refractivity contribution is 0.320. The molecule has 5 rings (SSSR count). The number of nitrogens with two attached hydrogens (primary N) is 2. The summed E-state index contributed by atoms with van der Waals surface area (Å²) in [6, 6.07) is 11.3. The molecule has 0 bridgehead atoms. The van der Waals surface area contributed by atoms with Crippen molar-refractivity contribution in [2.24, 2.45) is 11.5 Å². The van der Waals surface area contributed by atoms with Gasteiger partial charge in [-0.25, -0.2) is 4.79 Å². The molecule has 0 radical (unpaired) electrons. The Kier molecular flexibility index (Phi) is 6.73. The van der Waals surface area contributed by atoms with Gasteiger partial charge in [-0.15, -0.1) is 0 Å². The molecule has 0 spiro atoms. The largest absolute Gasteiger partial charge is 0.379 e. The van der Waals surface area contributed by atoms with Crippen LogP contribution in [0.2, 0.25) is 0 Å². The highest BCUT2D eigenvalue weighted by Gasteiger charge is 2.24. The molecular weight excluding hydrogens is 448 g/mol. The summed E-state index contributed by atoms with van der Waals surface area (Å²) in [4.78, 5) is 20.3. The molecule has 34 heavy (non-hydrogen) atoms. The molecule has 0 aliphatic carbocycles. The molecule has 1 unspecified atom stereocenters. The van der Waals surface area contributed by atoms with E-state index in [2.05, 4.69) is 38.8 Å². The lowest BCUT2D eigenvalue weighted by Gasteiger charge is -2.31. The first kappa shape index (κ1) is 23.1. The van der Waals surface area contributed by atoms with Gasteiger partial charge in [0.25, 0.3) is 0 Å². The predicted octanol–water partition coefficient (Wildman–Crippen LogP) is 2.28. The van der Waals surface area contributed by atoms with Gasteiger partial charge in [-0.05, 0) is 49.4 Å². The van der Waals surface area contributed by atoms with Gasteiger partial charge in [-0.3, -0.25) is 9.98 Å². The predicted molar refractivity (Wildman–Crippen MR) is 138 cm³/mol. The minimum absolute atomic E-state index is 0.149. The number of piperidine rings is 1. The average molecular weight is 481 g/mol. The van der Waals surface area contributed by atoms with Crippen molar-refractivity contribution in [1.82, 2.24) is 25.2 Å². The zero-order chi connectivity index (χ0) is 23.7. The van der Waals surface area contributed by atoms with Crippen LogP contribution in [0, 0.1) is 5.41 Å². The average Bonchev–Trinajstić information content (AvgIpc) is 3.44. The Morgan fingerprint density at radius 2 is 2.06 bits per heavy atom. The maximum Gasteiger partial charge on any atom is 0.354 e. The monoisotopic (exact) mass is 480 g/mol. The van der Waals surface area contributed by atoms with Crippen LogP contribution in [-0.2, 0) is 0 Å². The lowest BCUT2D eigenvalue weighted by Crippen LogP contribution is -2.37. The first-order valence-corrected chi connectivity index (χ1v) is 12.9. The molecule has 10 heteroatoms. The first-order valence-electron chi connectivity index (χ1n) is 11.9. The molecule has 2 saturated heterocycles. The van der Waals surface area contributed by atoms with E-state index in [-0.39, 0.29) is 22.9 Å². The summed E-state index contributed by atoms with van der Waals surface area (Å²) in [7, 11) is 0. The second-order valence-corrected chi connectivity index (χ2v) is 10.5. The highest BCUT2D eigenvalue weighted by atomic mass is 32.2. The third-order valence-corrected chi connectivity index (χ3v) is 7.60. The number of rotatable bonds is 6. The normalized spacial score (nSPS) is 25.1. The summed E-state index contributed by atoms with van der Waals surface area (Å²) < 4.78 is 1.60. The van der Waals surface area contributed by atoms with Gasteiger partial charge in [-0.1, -0.05) is 30.3 Å². The van der Waals surface area contributed by atoms with Crippen LogP contribution in [0.4, 0.5) is 0 Å². The molecule has 2 aromatic heterocycles. The summed E-state index contributed by atoms with van der Waals surface area (Å²) >= 11 is 1.40. The fourth-order valence-electron chi connectivity index (χ4n) is 5.08. The van der Waals surface area contributed by atoms with Gasteiger partial charge >= 0.3 is 5.69 Å². The quantitative estimate of drug-likeness (QED) is 0.234. The molecule has 3 aromatic rings. The molecule has 2 fully saturated rings. The summed E-state index contributed by atoms with van der Waals surface area (Å²) in [6.45, 7) is 0.792. The van der Waals surface area contributed by atoms with E-state index in [1.54, 1.807) is 4.57 Å². The molecule has 4 atom stereocenters. The Morgan fingerprint density at radius 3 is 2.79 bits per heavy atom. The van der Waals surface area contributed by atoms with E-state index in [4.69, 9.17) is 16.9 Å². The maximum absolute atomic E-state index is 12.8. The number of amidine groups is 1. The van der Waals surface area contributed by atoms with Crippen LogP contribution in [0.5, 0.6) is 0 Å². The van der Waals surface area contributed by atoms with E-state index >= 15 is 0 Å². The van der Waals surface area contributed by atoms with Crippen molar-refractivity contribution >= 4 is 28.0 Å². The number of hydrogen-bond donors (Lipinski definition) is 6. The second-order valence-electron chi connectivity index (χ2n) is 9.32. The molecule has 0 saturated carbocycles. The van der Waals surface area contributed by atoms with Crippen LogP contribution in [0.25, 0.3) is 16.7 Å². The van der Waals surface area contributed by atoms with Crippen molar-refractivity contribution in [2.75, 3.05) is 12.3 Å². The number of H-pyrrole nitrogens is 1. The van der Waals surface area contributed by atoms with Gasteiger partial charge in [0.15, 0.2) is 5.17 Å². The maximum atomic E-state index is 12.8. The molecular formula is C24H32N8OS. The Labute approximate surface area is 202 Å². The minimum atomic E-state index is -0.302. The summed E-state index contributed by atoms with van der Waals surface area (Å²) in [5.74, 6) is 0.863. The number of fused-ring (bicyclic) bond motifs is 1. The zero-order valence-electron chi connectivity index (χ0n) is 19.1. The third-order valence-electron chi connectivity index (χ3n) is 6.85. The van der Waals surface area contributed by atoms with Crippen LogP contribution in [0.1, 0.15) is 55.4 Å². The van der Waals surface area contributed by atoms with Crippen LogP contribution < -0.4 is 27.8 Å². The van der Waals surface area contributed by atoms with Crippen molar-refractivity contribution in [3.63, 3.8) is 0 Å². The van der Waals surface area contributed by atoms with Gasteiger partial charge in [0, 0.05) is 53.7 Å². The Balaban J connectivity index is 1.30. The summed E-state index contributed by atoms with van der Waals surface area (Å²) in [5.41, 5.74) is 14.8. The Bertz CT molecular complexity index is 1220. The van der Waals surface area contributed by atoms with E-state index < -0.39 is 0 Å². The fraction of sp³-hybridized carbons (Fsp3) is 0.458. The highest BCUT2D eigenvalue weighted by molar-refractivity contribution is 8.13. The van der Waals surface area contributed by atoms with E-state index in [1.165, 1.54) is 23.7 Å². The van der Waals surface area contributed by atoms with Gasteiger partial charge in [-0.2, -0.15) is 4.98 Å². The van der Waals surface area contributed by atoms with Crippen LogP contribution in [0.3, 0.4) is 0 Å². The Hall–Kier alpha value is -2.66. The summed E-state index contributed by atoms with van der Waals surface area (Å²) in [5, 5.41) is 15.6. The van der Waals surface area contributed by atoms with E-state index in [1.807, 2.05) is 18.3 Å². The van der Waals surface area contributed by atoms with Crippen molar-refractivity contribution in [3.8, 4) is 5.69 Å². The van der Waals surface area contributed by atoms with Crippen molar-refractivity contribution in [3.05, 3.63) is 58.3 Å². The lowest BCUT2D eigenvalue weighted by atomic mass is 9.92.